The molecule has 1 N–H and O–H groups in total. The van der Waals surface area contributed by atoms with Crippen LogP contribution >= 0.6 is 0 Å². The van der Waals surface area contributed by atoms with Crippen LogP contribution < -0.4 is 5.68 Å². The Balaban J connectivity index is 3.28. The van der Waals surface area contributed by atoms with E-state index in [0.717, 1.165) is 0 Å². The Labute approximate surface area is 46.5 Å². The summed E-state index contributed by atoms with van der Waals surface area (Å²) in [6.07, 6.45) is 1.54. The van der Waals surface area contributed by atoms with E-state index in [4.69, 9.17) is 9.83 Å². The van der Waals surface area contributed by atoms with Crippen LogP contribution in [0, 0.1) is 12.3 Å². The predicted molar refractivity (Wildman–Crippen MR) is 27.1 cm³/mol. The molecule has 1 aromatic rings. The summed E-state index contributed by atoms with van der Waals surface area (Å²) in [4.78, 5) is 3.54. The van der Waals surface area contributed by atoms with Crippen molar-refractivity contribution in [1.29, 1.82) is 5.41 Å². The third-order valence-corrected chi connectivity index (χ3v) is 0.759. The summed E-state index contributed by atoms with van der Waals surface area (Å²) in [5.41, 5.74) is -0.0370. The molecule has 0 saturated carbocycles. The van der Waals surface area contributed by atoms with Crippen molar-refractivity contribution in [3.63, 3.8) is 0 Å². The quantitative estimate of drug-likeness (QED) is 0.527. The lowest BCUT2D eigenvalue weighted by molar-refractivity contribution is 0.432. The Morgan fingerprint density at radius 2 is 2.50 bits per heavy atom. The molecule has 0 fully saturated rings. The van der Waals surface area contributed by atoms with Crippen molar-refractivity contribution in [2.45, 2.75) is 6.92 Å². The van der Waals surface area contributed by atoms with Gasteiger partial charge in [-0.15, -0.1) is 0 Å². The van der Waals surface area contributed by atoms with E-state index in [9.17, 15) is 0 Å². The second-order valence-corrected chi connectivity index (χ2v) is 1.46. The first-order valence-electron chi connectivity index (χ1n) is 2.26. The van der Waals surface area contributed by atoms with Crippen molar-refractivity contribution in [2.75, 3.05) is 0 Å². The molecule has 0 aromatic carbocycles. The van der Waals surface area contributed by atoms with E-state index in [-0.39, 0.29) is 5.68 Å². The zero-order valence-electron chi connectivity index (χ0n) is 4.51. The van der Waals surface area contributed by atoms with E-state index in [0.29, 0.717) is 5.76 Å². The van der Waals surface area contributed by atoms with Crippen LogP contribution in [0.3, 0.4) is 0 Å². The van der Waals surface area contributed by atoms with Gasteiger partial charge in [0.1, 0.15) is 5.76 Å². The number of hydrogen-bond acceptors (Lipinski definition) is 3. The van der Waals surface area contributed by atoms with Crippen molar-refractivity contribution in [1.82, 2.24) is 4.98 Å². The summed E-state index contributed by atoms with van der Waals surface area (Å²) < 4.78 is 4.73. The lowest BCUT2D eigenvalue weighted by atomic mass is 10.5. The topological polar surface area (TPSA) is 49.9 Å². The second kappa shape index (κ2) is 1.78. The Morgan fingerprint density at radius 3 is 2.88 bits per heavy atom. The third-order valence-electron chi connectivity index (χ3n) is 0.759. The molecule has 0 aliphatic rings. The van der Waals surface area contributed by atoms with Crippen molar-refractivity contribution < 1.29 is 4.42 Å². The standard InChI is InChI=1S/C5H6N2O/c1-4-2-3-7-5(6)8-4/h2-3,6H,1H3. The SMILES string of the molecule is Cc1ccnc(=N)o1. The van der Waals surface area contributed by atoms with Crippen LogP contribution in [0.1, 0.15) is 5.76 Å². The number of aromatic nitrogens is 1. The zero-order valence-corrected chi connectivity index (χ0v) is 4.51. The van der Waals surface area contributed by atoms with Gasteiger partial charge >= 0.3 is 5.68 Å². The van der Waals surface area contributed by atoms with E-state index >= 15 is 0 Å². The molecule has 0 aliphatic carbocycles. The Bertz CT molecular complexity index is 228. The molecular formula is C5H6N2O. The highest BCUT2D eigenvalue weighted by Gasteiger charge is 1.80. The van der Waals surface area contributed by atoms with Crippen LogP contribution in [-0.2, 0) is 0 Å². The summed E-state index contributed by atoms with van der Waals surface area (Å²) in [6, 6.07) is 1.71. The van der Waals surface area contributed by atoms with Crippen LogP contribution in [0.4, 0.5) is 0 Å². The summed E-state index contributed by atoms with van der Waals surface area (Å²) >= 11 is 0. The van der Waals surface area contributed by atoms with Gasteiger partial charge in [-0.25, -0.2) is 10.4 Å². The maximum Gasteiger partial charge on any atom is 0.313 e. The Kier molecular flexibility index (Phi) is 1.12. The summed E-state index contributed by atoms with van der Waals surface area (Å²) in [5, 5.41) is 6.86. The van der Waals surface area contributed by atoms with Crippen molar-refractivity contribution >= 4 is 0 Å². The molecule has 0 atom stereocenters. The van der Waals surface area contributed by atoms with E-state index < -0.39 is 0 Å². The first-order valence-corrected chi connectivity index (χ1v) is 2.26. The third kappa shape index (κ3) is 0.932. The van der Waals surface area contributed by atoms with Crippen molar-refractivity contribution in [3.05, 3.63) is 23.7 Å². The lowest BCUT2D eigenvalue weighted by Gasteiger charge is -1.84. The highest BCUT2D eigenvalue weighted by atomic mass is 16.3. The van der Waals surface area contributed by atoms with Gasteiger partial charge in [-0.3, -0.25) is 0 Å². The van der Waals surface area contributed by atoms with Gasteiger partial charge in [0.2, 0.25) is 0 Å². The maximum absolute atomic E-state index is 6.86. The number of hydrogen-bond donors (Lipinski definition) is 1. The monoisotopic (exact) mass is 110 g/mol. The van der Waals surface area contributed by atoms with Gasteiger partial charge in [-0.2, -0.15) is 0 Å². The first kappa shape index (κ1) is 5.03. The average molecular weight is 110 g/mol. The van der Waals surface area contributed by atoms with Crippen LogP contribution in [0.15, 0.2) is 16.7 Å². The fourth-order valence-corrected chi connectivity index (χ4v) is 0.423. The van der Waals surface area contributed by atoms with E-state index in [1.807, 2.05) is 0 Å². The highest BCUT2D eigenvalue weighted by molar-refractivity contribution is 4.87. The van der Waals surface area contributed by atoms with Gasteiger partial charge < -0.3 is 4.42 Å². The number of nitrogens with zero attached hydrogens (tertiary/aromatic N) is 1. The molecule has 0 amide bonds. The molecule has 0 spiro atoms. The molecule has 3 heteroatoms. The van der Waals surface area contributed by atoms with Crippen LogP contribution in [0.2, 0.25) is 0 Å². The van der Waals surface area contributed by atoms with Gasteiger partial charge in [0.25, 0.3) is 0 Å². The molecule has 0 unspecified atom stereocenters. The first-order chi connectivity index (χ1) is 3.79. The lowest BCUT2D eigenvalue weighted by Crippen LogP contribution is -2.01. The van der Waals surface area contributed by atoms with E-state index in [2.05, 4.69) is 4.98 Å². The minimum Gasteiger partial charge on any atom is -0.429 e. The number of aryl methyl sites for hydroxylation is 1. The molecule has 42 valence electrons. The van der Waals surface area contributed by atoms with Gasteiger partial charge in [-0.05, 0) is 13.0 Å². The zero-order chi connectivity index (χ0) is 5.98. The maximum atomic E-state index is 6.86. The van der Waals surface area contributed by atoms with Gasteiger partial charge in [0.15, 0.2) is 0 Å². The predicted octanol–water partition coefficient (Wildman–Crippen LogP) is 0.462. The second-order valence-electron chi connectivity index (χ2n) is 1.46. The molecule has 1 rings (SSSR count). The fourth-order valence-electron chi connectivity index (χ4n) is 0.423. The molecule has 0 saturated heterocycles. The minimum absolute atomic E-state index is 0.0370. The summed E-state index contributed by atoms with van der Waals surface area (Å²) in [5.74, 6) is 0.713. The smallest absolute Gasteiger partial charge is 0.313 e. The number of rotatable bonds is 0. The van der Waals surface area contributed by atoms with E-state index in [1.165, 1.54) is 0 Å². The molecule has 1 aromatic heterocycles. The van der Waals surface area contributed by atoms with Gasteiger partial charge in [-0.1, -0.05) is 0 Å². The van der Waals surface area contributed by atoms with Crippen molar-refractivity contribution in [2.24, 2.45) is 0 Å². The fraction of sp³-hybridized carbons (Fsp3) is 0.200. The largest absolute Gasteiger partial charge is 0.429 e. The molecule has 0 bridgehead atoms. The molecule has 0 radical (unpaired) electrons. The number of nitrogens with one attached hydrogen (secondary N) is 1. The van der Waals surface area contributed by atoms with Crippen molar-refractivity contribution in [3.8, 4) is 0 Å². The minimum atomic E-state index is -0.0370. The van der Waals surface area contributed by atoms with Crippen LogP contribution in [0.25, 0.3) is 0 Å². The highest BCUT2D eigenvalue weighted by Crippen LogP contribution is 1.84. The molecule has 0 aliphatic heterocycles. The Hall–Kier alpha value is -1.12. The Morgan fingerprint density at radius 1 is 1.75 bits per heavy atom. The van der Waals surface area contributed by atoms with Gasteiger partial charge in [0, 0.05) is 6.20 Å². The summed E-state index contributed by atoms with van der Waals surface area (Å²) in [6.45, 7) is 1.78. The molecular weight excluding hydrogens is 104 g/mol. The van der Waals surface area contributed by atoms with E-state index in [1.54, 1.807) is 19.2 Å². The molecule has 1 heterocycles. The van der Waals surface area contributed by atoms with Crippen LogP contribution in [-0.4, -0.2) is 4.98 Å². The molecule has 3 nitrogen and oxygen atoms in total. The summed E-state index contributed by atoms with van der Waals surface area (Å²) in [7, 11) is 0. The van der Waals surface area contributed by atoms with Crippen LogP contribution in [0.5, 0.6) is 0 Å². The van der Waals surface area contributed by atoms with Gasteiger partial charge in [0.05, 0.1) is 0 Å². The molecule has 8 heavy (non-hydrogen) atoms. The average Bonchev–Trinajstić information content (AvgIpc) is 1.64. The normalized spacial score (nSPS) is 9.12.